The van der Waals surface area contributed by atoms with Crippen LogP contribution < -0.4 is 10.0 Å². The third-order valence-corrected chi connectivity index (χ3v) is 6.53. The van der Waals surface area contributed by atoms with E-state index in [1.807, 2.05) is 30.3 Å². The standard InChI is InChI=1S/C19H17ClN4O3S2/c1-2-10-21-29(26,27)16-12-14(8-9-15(16)20)18(25)22-19-24-23-17(28-19)11-13-6-4-3-5-7-13/h2-9,12,21H,1,10-11H2,(H,22,24,25). The van der Waals surface area contributed by atoms with Crippen LogP contribution in [0.4, 0.5) is 5.13 Å². The van der Waals surface area contributed by atoms with Gasteiger partial charge in [-0.3, -0.25) is 10.1 Å². The third kappa shape index (κ3) is 5.48. The highest BCUT2D eigenvalue weighted by atomic mass is 35.5. The summed E-state index contributed by atoms with van der Waals surface area (Å²) in [5.74, 6) is -0.510. The number of hydrogen-bond acceptors (Lipinski definition) is 6. The zero-order valence-corrected chi connectivity index (χ0v) is 17.5. The minimum atomic E-state index is -3.87. The van der Waals surface area contributed by atoms with Gasteiger partial charge in [-0.05, 0) is 23.8 Å². The van der Waals surface area contributed by atoms with Crippen LogP contribution in [0.3, 0.4) is 0 Å². The summed E-state index contributed by atoms with van der Waals surface area (Å²) in [7, 11) is -3.87. The van der Waals surface area contributed by atoms with Gasteiger partial charge < -0.3 is 0 Å². The van der Waals surface area contributed by atoms with Crippen LogP contribution in [-0.4, -0.2) is 31.1 Å². The van der Waals surface area contributed by atoms with E-state index < -0.39 is 15.9 Å². The molecule has 1 aromatic heterocycles. The molecular weight excluding hydrogens is 432 g/mol. The van der Waals surface area contributed by atoms with Crippen LogP contribution in [0.1, 0.15) is 20.9 Å². The summed E-state index contributed by atoms with van der Waals surface area (Å²) >= 11 is 7.26. The fourth-order valence-electron chi connectivity index (χ4n) is 2.41. The van der Waals surface area contributed by atoms with E-state index >= 15 is 0 Å². The number of benzene rings is 2. The lowest BCUT2D eigenvalue weighted by molar-refractivity contribution is 0.102. The minimum Gasteiger partial charge on any atom is -0.296 e. The quantitative estimate of drug-likeness (QED) is 0.513. The molecule has 1 heterocycles. The van der Waals surface area contributed by atoms with Crippen LogP contribution in [0.5, 0.6) is 0 Å². The highest BCUT2D eigenvalue weighted by Crippen LogP contribution is 2.24. The van der Waals surface area contributed by atoms with Crippen LogP contribution >= 0.6 is 22.9 Å². The minimum absolute atomic E-state index is 0.0131. The van der Waals surface area contributed by atoms with Crippen LogP contribution in [0.2, 0.25) is 5.02 Å². The fraction of sp³-hybridized carbons (Fsp3) is 0.105. The zero-order chi connectivity index (χ0) is 20.9. The molecule has 2 aromatic carbocycles. The largest absolute Gasteiger partial charge is 0.296 e. The van der Waals surface area contributed by atoms with Gasteiger partial charge in [-0.15, -0.1) is 16.8 Å². The number of carbonyl (C=O) groups excluding carboxylic acids is 1. The zero-order valence-electron chi connectivity index (χ0n) is 15.1. The molecule has 0 spiro atoms. The molecule has 0 saturated heterocycles. The molecule has 0 fully saturated rings. The molecule has 0 saturated carbocycles. The van der Waals surface area contributed by atoms with Gasteiger partial charge in [0.25, 0.3) is 5.91 Å². The van der Waals surface area contributed by atoms with Gasteiger partial charge in [0.15, 0.2) is 0 Å². The van der Waals surface area contributed by atoms with Crippen molar-refractivity contribution in [2.45, 2.75) is 11.3 Å². The Bertz CT molecular complexity index is 1130. The van der Waals surface area contributed by atoms with E-state index in [4.69, 9.17) is 11.6 Å². The average Bonchev–Trinajstić information content (AvgIpc) is 3.14. The summed E-state index contributed by atoms with van der Waals surface area (Å²) in [6, 6.07) is 13.8. The molecule has 0 aliphatic heterocycles. The van der Waals surface area contributed by atoms with Crippen molar-refractivity contribution < 1.29 is 13.2 Å². The first-order valence-electron chi connectivity index (χ1n) is 8.47. The molecule has 2 N–H and O–H groups in total. The van der Waals surface area contributed by atoms with Gasteiger partial charge in [0, 0.05) is 18.5 Å². The molecule has 3 rings (SSSR count). The first kappa shape index (κ1) is 21.1. The van der Waals surface area contributed by atoms with Crippen molar-refractivity contribution in [2.24, 2.45) is 0 Å². The molecule has 0 unspecified atom stereocenters. The first-order chi connectivity index (χ1) is 13.9. The van der Waals surface area contributed by atoms with E-state index in [9.17, 15) is 13.2 Å². The summed E-state index contributed by atoms with van der Waals surface area (Å²) in [6.45, 7) is 3.51. The Hall–Kier alpha value is -2.59. The fourth-order valence-corrected chi connectivity index (χ4v) is 4.70. The van der Waals surface area contributed by atoms with Crippen LogP contribution in [0, 0.1) is 0 Å². The Labute approximate surface area is 177 Å². The second-order valence-corrected chi connectivity index (χ2v) is 9.11. The van der Waals surface area contributed by atoms with Crippen LogP contribution in [0.25, 0.3) is 0 Å². The Morgan fingerprint density at radius 1 is 1.17 bits per heavy atom. The molecule has 29 heavy (non-hydrogen) atoms. The number of anilines is 1. The molecule has 10 heteroatoms. The molecule has 7 nitrogen and oxygen atoms in total. The number of nitrogens with zero attached hydrogens (tertiary/aromatic N) is 2. The number of sulfonamides is 1. The molecule has 0 bridgehead atoms. The van der Waals surface area contributed by atoms with Gasteiger partial charge in [-0.1, -0.05) is 59.3 Å². The van der Waals surface area contributed by atoms with Crippen molar-refractivity contribution in [3.8, 4) is 0 Å². The number of rotatable bonds is 8. The Kier molecular flexibility index (Phi) is 6.75. The Morgan fingerprint density at radius 3 is 2.66 bits per heavy atom. The molecule has 3 aromatic rings. The van der Waals surface area contributed by atoms with Crippen molar-refractivity contribution in [2.75, 3.05) is 11.9 Å². The van der Waals surface area contributed by atoms with Gasteiger partial charge in [0.1, 0.15) is 9.90 Å². The normalized spacial score (nSPS) is 11.2. The summed E-state index contributed by atoms with van der Waals surface area (Å²) in [5, 5.41) is 11.8. The molecule has 0 radical (unpaired) electrons. The van der Waals surface area contributed by atoms with Gasteiger partial charge >= 0.3 is 0 Å². The lowest BCUT2D eigenvalue weighted by Crippen LogP contribution is -2.24. The average molecular weight is 449 g/mol. The first-order valence-corrected chi connectivity index (χ1v) is 11.1. The topological polar surface area (TPSA) is 101 Å². The monoisotopic (exact) mass is 448 g/mol. The molecule has 0 atom stereocenters. The smallest absolute Gasteiger partial charge is 0.257 e. The maximum Gasteiger partial charge on any atom is 0.257 e. The summed E-state index contributed by atoms with van der Waals surface area (Å²) in [5.41, 5.74) is 1.22. The predicted octanol–water partition coefficient (Wildman–Crippen LogP) is 3.50. The second-order valence-electron chi connectivity index (χ2n) is 5.90. The van der Waals surface area contributed by atoms with Gasteiger partial charge in [0.2, 0.25) is 15.2 Å². The van der Waals surface area contributed by atoms with E-state index in [0.29, 0.717) is 11.6 Å². The lowest BCUT2D eigenvalue weighted by atomic mass is 10.2. The Balaban J connectivity index is 1.74. The predicted molar refractivity (Wildman–Crippen MR) is 114 cm³/mol. The van der Waals surface area contributed by atoms with Crippen molar-refractivity contribution in [3.63, 3.8) is 0 Å². The summed E-state index contributed by atoms with van der Waals surface area (Å²) in [6.07, 6.45) is 2.01. The molecule has 0 aliphatic rings. The maximum absolute atomic E-state index is 12.5. The van der Waals surface area contributed by atoms with E-state index in [1.165, 1.54) is 35.6 Å². The molecular formula is C19H17ClN4O3S2. The lowest BCUT2D eigenvalue weighted by Gasteiger charge is -2.09. The van der Waals surface area contributed by atoms with Crippen molar-refractivity contribution in [1.82, 2.24) is 14.9 Å². The SMILES string of the molecule is C=CCNS(=O)(=O)c1cc(C(=O)Nc2nnc(Cc3ccccc3)s2)ccc1Cl. The highest BCUT2D eigenvalue weighted by molar-refractivity contribution is 7.89. The van der Waals surface area contributed by atoms with Gasteiger partial charge in [-0.25, -0.2) is 13.1 Å². The van der Waals surface area contributed by atoms with E-state index in [1.54, 1.807) is 0 Å². The number of halogens is 1. The number of hydrogen-bond donors (Lipinski definition) is 2. The maximum atomic E-state index is 12.5. The number of nitrogens with one attached hydrogen (secondary N) is 2. The highest BCUT2D eigenvalue weighted by Gasteiger charge is 2.20. The van der Waals surface area contributed by atoms with Crippen molar-refractivity contribution in [3.05, 3.63) is 82.3 Å². The number of amides is 1. The Morgan fingerprint density at radius 2 is 1.93 bits per heavy atom. The molecule has 150 valence electrons. The van der Waals surface area contributed by atoms with E-state index in [-0.39, 0.29) is 22.0 Å². The number of carbonyl (C=O) groups is 1. The van der Waals surface area contributed by atoms with Crippen molar-refractivity contribution in [1.29, 1.82) is 0 Å². The third-order valence-electron chi connectivity index (χ3n) is 3.79. The van der Waals surface area contributed by atoms with Crippen molar-refractivity contribution >= 4 is 44.0 Å². The van der Waals surface area contributed by atoms with E-state index in [0.717, 1.165) is 10.6 Å². The number of aromatic nitrogens is 2. The summed E-state index contributed by atoms with van der Waals surface area (Å²) in [4.78, 5) is 12.4. The van der Waals surface area contributed by atoms with Gasteiger partial charge in [0.05, 0.1) is 5.02 Å². The van der Waals surface area contributed by atoms with Gasteiger partial charge in [-0.2, -0.15) is 0 Å². The van der Waals surface area contributed by atoms with E-state index in [2.05, 4.69) is 26.8 Å². The summed E-state index contributed by atoms with van der Waals surface area (Å²) < 4.78 is 27.0. The molecule has 1 amide bonds. The second kappa shape index (κ2) is 9.27. The van der Waals surface area contributed by atoms with Crippen LogP contribution in [-0.2, 0) is 16.4 Å². The molecule has 0 aliphatic carbocycles. The van der Waals surface area contributed by atoms with Crippen LogP contribution in [0.15, 0.2) is 66.1 Å².